The Morgan fingerprint density at radius 3 is 2.76 bits per heavy atom. The number of benzene rings is 1. The average molecular weight is 332 g/mol. The zero-order valence-electron chi connectivity index (χ0n) is 11.3. The van der Waals surface area contributed by atoms with Gasteiger partial charge in [-0.2, -0.15) is 0 Å². The third-order valence-electron chi connectivity index (χ3n) is 2.49. The fourth-order valence-corrected chi connectivity index (χ4v) is 1.81. The number of carbonyl (C=O) groups excluding carboxylic acids is 1. The second-order valence-electron chi connectivity index (χ2n) is 4.14. The van der Waals surface area contributed by atoms with Gasteiger partial charge in [-0.3, -0.25) is 4.79 Å². The third kappa shape index (κ3) is 6.62. The number of carbonyl (C=O) groups is 2. The van der Waals surface area contributed by atoms with Gasteiger partial charge in [0, 0.05) is 22.7 Å². The number of nitrogens with one attached hydrogen (secondary N) is 1. The molecule has 1 rings (SSSR count). The van der Waals surface area contributed by atoms with Gasteiger partial charge in [0.2, 0.25) is 5.91 Å². The summed E-state index contributed by atoms with van der Waals surface area (Å²) in [7, 11) is 0. The summed E-state index contributed by atoms with van der Waals surface area (Å²) in [5, 5.41) is 12.1. The summed E-state index contributed by atoms with van der Waals surface area (Å²) < 4.78 is 4.97. The van der Waals surface area contributed by atoms with Crippen LogP contribution in [-0.2, 0) is 14.3 Å². The van der Waals surface area contributed by atoms with Crippen molar-refractivity contribution in [3.8, 4) is 0 Å². The number of hydrogen-bond donors (Lipinski definition) is 2. The van der Waals surface area contributed by atoms with Crippen LogP contribution in [0.2, 0.25) is 10.0 Å². The molecule has 0 bridgehead atoms. The molecule has 21 heavy (non-hydrogen) atoms. The maximum atomic E-state index is 11.5. The van der Waals surface area contributed by atoms with Gasteiger partial charge in [0.05, 0.1) is 6.61 Å². The number of carboxylic acid groups (broad SMARTS) is 1. The Morgan fingerprint density at radius 1 is 1.43 bits per heavy atom. The van der Waals surface area contributed by atoms with Crippen molar-refractivity contribution in [2.24, 2.45) is 0 Å². The highest BCUT2D eigenvalue weighted by Crippen LogP contribution is 2.21. The highest BCUT2D eigenvalue weighted by Gasteiger charge is 2.10. The molecule has 0 saturated carbocycles. The molecule has 2 N–H and O–H groups in total. The fraction of sp³-hybridized carbons (Fsp3) is 0.286. The summed E-state index contributed by atoms with van der Waals surface area (Å²) in [5.41, 5.74) is 0.673. The molecule has 1 unspecified atom stereocenters. The SMILES string of the molecule is CC(OCCNC(=O)/C=C/c1ccc(Cl)cc1Cl)C(=O)O. The third-order valence-corrected chi connectivity index (χ3v) is 3.06. The molecule has 1 aromatic carbocycles. The van der Waals surface area contributed by atoms with Gasteiger partial charge in [0.15, 0.2) is 6.10 Å². The van der Waals surface area contributed by atoms with Gasteiger partial charge in [-0.15, -0.1) is 0 Å². The first-order valence-corrected chi connectivity index (χ1v) is 6.91. The zero-order chi connectivity index (χ0) is 15.8. The molecule has 1 amide bonds. The van der Waals surface area contributed by atoms with Crippen molar-refractivity contribution in [1.82, 2.24) is 5.32 Å². The summed E-state index contributed by atoms with van der Waals surface area (Å²) in [5.74, 6) is -1.37. The lowest BCUT2D eigenvalue weighted by molar-refractivity contribution is -0.148. The average Bonchev–Trinajstić information content (AvgIpc) is 2.42. The smallest absolute Gasteiger partial charge is 0.332 e. The van der Waals surface area contributed by atoms with E-state index < -0.39 is 12.1 Å². The van der Waals surface area contributed by atoms with E-state index in [1.54, 1.807) is 24.3 Å². The van der Waals surface area contributed by atoms with Crippen molar-refractivity contribution in [1.29, 1.82) is 0 Å². The summed E-state index contributed by atoms with van der Waals surface area (Å²) in [6.45, 7) is 1.76. The van der Waals surface area contributed by atoms with E-state index in [9.17, 15) is 9.59 Å². The predicted molar refractivity (Wildman–Crippen MR) is 81.6 cm³/mol. The first-order valence-electron chi connectivity index (χ1n) is 6.15. The van der Waals surface area contributed by atoms with Crippen LogP contribution in [-0.4, -0.2) is 36.2 Å². The molecule has 0 aliphatic carbocycles. The van der Waals surface area contributed by atoms with Crippen molar-refractivity contribution in [3.05, 3.63) is 39.9 Å². The van der Waals surface area contributed by atoms with Crippen LogP contribution in [0.4, 0.5) is 0 Å². The number of rotatable bonds is 7. The molecule has 0 heterocycles. The van der Waals surface area contributed by atoms with Crippen LogP contribution in [0.25, 0.3) is 6.08 Å². The molecule has 0 radical (unpaired) electrons. The second kappa shape index (κ2) is 8.67. The molecule has 0 aliphatic heterocycles. The maximum absolute atomic E-state index is 11.5. The van der Waals surface area contributed by atoms with Crippen LogP contribution < -0.4 is 5.32 Å². The van der Waals surface area contributed by atoms with E-state index in [0.717, 1.165) is 0 Å². The molecule has 7 heteroatoms. The van der Waals surface area contributed by atoms with Gasteiger partial charge in [-0.05, 0) is 30.7 Å². The van der Waals surface area contributed by atoms with Crippen LogP contribution in [0.15, 0.2) is 24.3 Å². The maximum Gasteiger partial charge on any atom is 0.332 e. The molecule has 0 saturated heterocycles. The van der Waals surface area contributed by atoms with Crippen molar-refractivity contribution in [3.63, 3.8) is 0 Å². The summed E-state index contributed by atoms with van der Waals surface area (Å²) >= 11 is 11.7. The Kier molecular flexibility index (Phi) is 7.22. The van der Waals surface area contributed by atoms with Crippen LogP contribution in [0, 0.1) is 0 Å². The van der Waals surface area contributed by atoms with Crippen molar-refractivity contribution < 1.29 is 19.4 Å². The molecule has 0 aromatic heterocycles. The van der Waals surface area contributed by atoms with Crippen molar-refractivity contribution in [2.45, 2.75) is 13.0 Å². The lowest BCUT2D eigenvalue weighted by Crippen LogP contribution is -2.29. The Bertz CT molecular complexity index is 546. The van der Waals surface area contributed by atoms with Gasteiger partial charge in [0.1, 0.15) is 0 Å². The molecule has 114 valence electrons. The van der Waals surface area contributed by atoms with Gasteiger partial charge in [-0.25, -0.2) is 4.79 Å². The van der Waals surface area contributed by atoms with E-state index in [1.165, 1.54) is 13.0 Å². The molecular formula is C14H15Cl2NO4. The normalized spacial score (nSPS) is 12.3. The second-order valence-corrected chi connectivity index (χ2v) is 4.99. The van der Waals surface area contributed by atoms with Gasteiger partial charge in [-0.1, -0.05) is 29.3 Å². The first-order chi connectivity index (χ1) is 9.90. The van der Waals surface area contributed by atoms with Crippen molar-refractivity contribution in [2.75, 3.05) is 13.2 Å². The lowest BCUT2D eigenvalue weighted by atomic mass is 10.2. The number of carboxylic acids is 1. The minimum Gasteiger partial charge on any atom is -0.479 e. The standard InChI is InChI=1S/C14H15Cl2NO4/c1-9(14(19)20)21-7-6-17-13(18)5-3-10-2-4-11(15)8-12(10)16/h2-5,8-9H,6-7H2,1H3,(H,17,18)(H,19,20)/b5-3+. The Labute approximate surface area is 132 Å². The van der Waals surface area contributed by atoms with Gasteiger partial charge in [0.25, 0.3) is 0 Å². The quantitative estimate of drug-likeness (QED) is 0.594. The number of aliphatic carboxylic acids is 1. The van der Waals surface area contributed by atoms with E-state index >= 15 is 0 Å². The Balaban J connectivity index is 2.36. The summed E-state index contributed by atoms with van der Waals surface area (Å²) in [6.07, 6.45) is 2.00. The number of halogens is 2. The molecule has 0 aliphatic rings. The Morgan fingerprint density at radius 2 is 2.14 bits per heavy atom. The zero-order valence-corrected chi connectivity index (χ0v) is 12.8. The summed E-state index contributed by atoms with van der Waals surface area (Å²) in [4.78, 5) is 22.0. The van der Waals surface area contributed by atoms with Gasteiger partial charge >= 0.3 is 5.97 Å². The predicted octanol–water partition coefficient (Wildman–Crippen LogP) is 2.61. The summed E-state index contributed by atoms with van der Waals surface area (Å²) in [6, 6.07) is 4.96. The largest absolute Gasteiger partial charge is 0.479 e. The molecule has 0 fully saturated rings. The first kappa shape index (κ1) is 17.5. The molecule has 1 aromatic rings. The van der Waals surface area contributed by atoms with Crippen LogP contribution in [0.3, 0.4) is 0 Å². The van der Waals surface area contributed by atoms with E-state index in [1.807, 2.05) is 0 Å². The highest BCUT2D eigenvalue weighted by atomic mass is 35.5. The van der Waals surface area contributed by atoms with Gasteiger partial charge < -0.3 is 15.2 Å². The molecule has 5 nitrogen and oxygen atoms in total. The lowest BCUT2D eigenvalue weighted by Gasteiger charge is -2.08. The topological polar surface area (TPSA) is 75.6 Å². The van der Waals surface area contributed by atoms with E-state index in [0.29, 0.717) is 15.6 Å². The Hall–Kier alpha value is -1.56. The van der Waals surface area contributed by atoms with E-state index in [2.05, 4.69) is 5.32 Å². The minimum absolute atomic E-state index is 0.120. The van der Waals surface area contributed by atoms with Crippen LogP contribution in [0.5, 0.6) is 0 Å². The number of amides is 1. The van der Waals surface area contributed by atoms with Crippen LogP contribution >= 0.6 is 23.2 Å². The molecule has 0 spiro atoms. The van der Waals surface area contributed by atoms with E-state index in [4.69, 9.17) is 33.0 Å². The fourth-order valence-electron chi connectivity index (χ4n) is 1.34. The van der Waals surface area contributed by atoms with E-state index in [-0.39, 0.29) is 19.1 Å². The number of hydrogen-bond acceptors (Lipinski definition) is 3. The van der Waals surface area contributed by atoms with Crippen LogP contribution in [0.1, 0.15) is 12.5 Å². The monoisotopic (exact) mass is 331 g/mol. The molecule has 1 atom stereocenters. The highest BCUT2D eigenvalue weighted by molar-refractivity contribution is 6.35. The molecular weight excluding hydrogens is 317 g/mol. The minimum atomic E-state index is -1.04. The van der Waals surface area contributed by atoms with Crippen molar-refractivity contribution >= 4 is 41.2 Å². The number of ether oxygens (including phenoxy) is 1.